The molecule has 0 bridgehead atoms. The largest absolute Gasteiger partial charge is 0.476 e. The van der Waals surface area contributed by atoms with Gasteiger partial charge in [0.1, 0.15) is 12.0 Å². The second-order valence-electron chi connectivity index (χ2n) is 4.53. The average Bonchev–Trinajstić information content (AvgIpc) is 2.70. The van der Waals surface area contributed by atoms with Gasteiger partial charge in [-0.3, -0.25) is 0 Å². The molecule has 0 radical (unpaired) electrons. The fraction of sp³-hybridized carbons (Fsp3) is 0.667. The SMILES string of the molecule is CCOc1ncnc(NC2CCCC2C)c1N. The Bertz CT molecular complexity index is 383. The number of rotatable bonds is 4. The maximum Gasteiger partial charge on any atom is 0.242 e. The topological polar surface area (TPSA) is 73.1 Å². The molecule has 2 unspecified atom stereocenters. The van der Waals surface area contributed by atoms with Crippen molar-refractivity contribution in [1.29, 1.82) is 0 Å². The number of hydrogen-bond donors (Lipinski definition) is 2. The first kappa shape index (κ1) is 12.0. The Kier molecular flexibility index (Phi) is 3.66. The number of nitrogens with one attached hydrogen (secondary N) is 1. The number of nitrogens with zero attached hydrogens (tertiary/aromatic N) is 2. The number of anilines is 2. The van der Waals surface area contributed by atoms with Gasteiger partial charge in [0, 0.05) is 6.04 Å². The summed E-state index contributed by atoms with van der Waals surface area (Å²) in [5.74, 6) is 1.83. The quantitative estimate of drug-likeness (QED) is 0.837. The van der Waals surface area contributed by atoms with E-state index in [0.717, 1.165) is 0 Å². The molecule has 2 rings (SSSR count). The number of ether oxygens (including phenoxy) is 1. The van der Waals surface area contributed by atoms with E-state index >= 15 is 0 Å². The van der Waals surface area contributed by atoms with Gasteiger partial charge in [0.05, 0.1) is 6.61 Å². The monoisotopic (exact) mass is 236 g/mol. The predicted molar refractivity (Wildman–Crippen MR) is 68.0 cm³/mol. The smallest absolute Gasteiger partial charge is 0.242 e. The first-order valence-corrected chi connectivity index (χ1v) is 6.22. The predicted octanol–water partition coefficient (Wildman–Crippen LogP) is 2.06. The van der Waals surface area contributed by atoms with Crippen LogP contribution in [0.2, 0.25) is 0 Å². The molecule has 94 valence electrons. The minimum atomic E-state index is 0.460. The first-order valence-electron chi connectivity index (χ1n) is 6.22. The van der Waals surface area contributed by atoms with Crippen LogP contribution in [0.5, 0.6) is 5.88 Å². The van der Waals surface area contributed by atoms with Crippen LogP contribution in [-0.4, -0.2) is 22.6 Å². The molecule has 5 nitrogen and oxygen atoms in total. The standard InChI is InChI=1S/C12H20N4O/c1-3-17-12-10(13)11(14-7-15-12)16-9-6-4-5-8(9)2/h7-9H,3-6,13H2,1-2H3,(H,14,15,16). The molecule has 0 aromatic carbocycles. The molecule has 0 spiro atoms. The first-order chi connectivity index (χ1) is 8.22. The summed E-state index contributed by atoms with van der Waals surface area (Å²) in [5, 5.41) is 3.40. The molecule has 1 heterocycles. The van der Waals surface area contributed by atoms with Crippen LogP contribution < -0.4 is 15.8 Å². The molecule has 1 fully saturated rings. The van der Waals surface area contributed by atoms with E-state index in [-0.39, 0.29) is 0 Å². The van der Waals surface area contributed by atoms with Crippen LogP contribution in [-0.2, 0) is 0 Å². The van der Waals surface area contributed by atoms with Crippen molar-refractivity contribution in [3.05, 3.63) is 6.33 Å². The van der Waals surface area contributed by atoms with Crippen LogP contribution in [0.25, 0.3) is 0 Å². The molecule has 3 N–H and O–H groups in total. The zero-order chi connectivity index (χ0) is 12.3. The molecule has 0 aliphatic heterocycles. The summed E-state index contributed by atoms with van der Waals surface area (Å²) in [6.07, 6.45) is 5.20. The molecule has 2 atom stereocenters. The van der Waals surface area contributed by atoms with Crippen molar-refractivity contribution in [2.45, 2.75) is 39.2 Å². The van der Waals surface area contributed by atoms with Crippen LogP contribution in [0.4, 0.5) is 11.5 Å². The van der Waals surface area contributed by atoms with Crippen LogP contribution >= 0.6 is 0 Å². The van der Waals surface area contributed by atoms with Gasteiger partial charge in [0.15, 0.2) is 5.82 Å². The van der Waals surface area contributed by atoms with E-state index in [2.05, 4.69) is 22.2 Å². The van der Waals surface area contributed by atoms with Gasteiger partial charge in [-0.2, -0.15) is 4.98 Å². The van der Waals surface area contributed by atoms with Crippen molar-refractivity contribution in [3.8, 4) is 5.88 Å². The summed E-state index contributed by atoms with van der Waals surface area (Å²) in [6.45, 7) is 4.72. The zero-order valence-electron chi connectivity index (χ0n) is 10.4. The highest BCUT2D eigenvalue weighted by Crippen LogP contribution is 2.31. The molecule has 1 aliphatic rings. The Hall–Kier alpha value is -1.52. The summed E-state index contributed by atoms with van der Waals surface area (Å²) in [4.78, 5) is 8.22. The van der Waals surface area contributed by atoms with E-state index in [0.29, 0.717) is 36.0 Å². The van der Waals surface area contributed by atoms with Gasteiger partial charge in [-0.05, 0) is 25.7 Å². The van der Waals surface area contributed by atoms with E-state index in [1.165, 1.54) is 25.6 Å². The lowest BCUT2D eigenvalue weighted by Gasteiger charge is -2.19. The summed E-state index contributed by atoms with van der Waals surface area (Å²) in [6, 6.07) is 0.460. The van der Waals surface area contributed by atoms with E-state index < -0.39 is 0 Å². The highest BCUT2D eigenvalue weighted by molar-refractivity contribution is 5.66. The fourth-order valence-corrected chi connectivity index (χ4v) is 2.28. The molecule has 1 saturated carbocycles. The average molecular weight is 236 g/mol. The lowest BCUT2D eigenvalue weighted by atomic mass is 10.1. The van der Waals surface area contributed by atoms with Crippen LogP contribution in [0, 0.1) is 5.92 Å². The zero-order valence-corrected chi connectivity index (χ0v) is 10.4. The summed E-state index contributed by atoms with van der Waals surface area (Å²) in [5.41, 5.74) is 6.49. The molecule has 1 aromatic rings. The normalized spacial score (nSPS) is 23.6. The van der Waals surface area contributed by atoms with Gasteiger partial charge < -0.3 is 15.8 Å². The van der Waals surface area contributed by atoms with Crippen molar-refractivity contribution >= 4 is 11.5 Å². The van der Waals surface area contributed by atoms with Crippen LogP contribution in [0.3, 0.4) is 0 Å². The number of hydrogen-bond acceptors (Lipinski definition) is 5. The van der Waals surface area contributed by atoms with Gasteiger partial charge >= 0.3 is 0 Å². The maximum absolute atomic E-state index is 5.98. The molecular weight excluding hydrogens is 216 g/mol. The Morgan fingerprint density at radius 3 is 2.94 bits per heavy atom. The molecule has 17 heavy (non-hydrogen) atoms. The maximum atomic E-state index is 5.98. The lowest BCUT2D eigenvalue weighted by Crippen LogP contribution is -2.23. The van der Waals surface area contributed by atoms with Gasteiger partial charge in [-0.25, -0.2) is 4.98 Å². The van der Waals surface area contributed by atoms with E-state index in [1.54, 1.807) is 0 Å². The molecule has 1 aromatic heterocycles. The van der Waals surface area contributed by atoms with Crippen molar-refractivity contribution in [2.24, 2.45) is 5.92 Å². The number of nitrogen functional groups attached to an aromatic ring is 1. The second-order valence-corrected chi connectivity index (χ2v) is 4.53. The second kappa shape index (κ2) is 5.21. The number of aromatic nitrogens is 2. The van der Waals surface area contributed by atoms with Crippen molar-refractivity contribution in [2.75, 3.05) is 17.7 Å². The Morgan fingerprint density at radius 1 is 1.47 bits per heavy atom. The third-order valence-corrected chi connectivity index (χ3v) is 3.31. The molecule has 0 amide bonds. The highest BCUT2D eigenvalue weighted by atomic mass is 16.5. The van der Waals surface area contributed by atoms with E-state index in [9.17, 15) is 0 Å². The van der Waals surface area contributed by atoms with Crippen LogP contribution in [0.1, 0.15) is 33.1 Å². The summed E-state index contributed by atoms with van der Waals surface area (Å²) < 4.78 is 5.35. The summed E-state index contributed by atoms with van der Waals surface area (Å²) in [7, 11) is 0. The van der Waals surface area contributed by atoms with Gasteiger partial charge in [0.2, 0.25) is 5.88 Å². The summed E-state index contributed by atoms with van der Waals surface area (Å²) >= 11 is 0. The Balaban J connectivity index is 2.12. The molecule has 0 saturated heterocycles. The van der Waals surface area contributed by atoms with Crippen LogP contribution in [0.15, 0.2) is 6.33 Å². The molecular formula is C12H20N4O. The lowest BCUT2D eigenvalue weighted by molar-refractivity contribution is 0.328. The fourth-order valence-electron chi connectivity index (χ4n) is 2.28. The van der Waals surface area contributed by atoms with E-state index in [1.807, 2.05) is 6.92 Å². The third kappa shape index (κ3) is 2.60. The molecule has 5 heteroatoms. The number of nitrogens with two attached hydrogens (primary N) is 1. The van der Waals surface area contributed by atoms with Gasteiger partial charge in [-0.15, -0.1) is 0 Å². The minimum Gasteiger partial charge on any atom is -0.476 e. The van der Waals surface area contributed by atoms with Gasteiger partial charge in [0.25, 0.3) is 0 Å². The van der Waals surface area contributed by atoms with Crippen molar-refractivity contribution in [3.63, 3.8) is 0 Å². The Labute approximate surface area is 102 Å². The van der Waals surface area contributed by atoms with Gasteiger partial charge in [-0.1, -0.05) is 13.3 Å². The third-order valence-electron chi connectivity index (χ3n) is 3.31. The Morgan fingerprint density at radius 2 is 2.29 bits per heavy atom. The van der Waals surface area contributed by atoms with Crippen molar-refractivity contribution < 1.29 is 4.74 Å². The highest BCUT2D eigenvalue weighted by Gasteiger charge is 2.24. The van der Waals surface area contributed by atoms with E-state index in [4.69, 9.17) is 10.5 Å². The minimum absolute atomic E-state index is 0.460. The molecule has 1 aliphatic carbocycles. The van der Waals surface area contributed by atoms with Crippen molar-refractivity contribution in [1.82, 2.24) is 9.97 Å².